The highest BCUT2D eigenvalue weighted by molar-refractivity contribution is 7.19. The molecule has 3 rings (SSSR count). The number of hydrogen-bond donors (Lipinski definition) is 2. The van der Waals surface area contributed by atoms with E-state index in [4.69, 9.17) is 23.2 Å². The molecule has 22 heavy (non-hydrogen) atoms. The molecular weight excluding hydrogens is 345 g/mol. The van der Waals surface area contributed by atoms with Crippen molar-refractivity contribution >= 4 is 56.5 Å². The highest BCUT2D eigenvalue weighted by Gasteiger charge is 2.17. The summed E-state index contributed by atoms with van der Waals surface area (Å²) in [6.07, 6.45) is 2.33. The average molecular weight is 358 g/mol. The molecule has 2 amide bonds. The molecule has 6 nitrogen and oxygen atoms in total. The number of rotatable bonds is 3. The monoisotopic (exact) mass is 357 g/mol. The lowest BCUT2D eigenvalue weighted by Crippen LogP contribution is -2.19. The van der Waals surface area contributed by atoms with Gasteiger partial charge in [-0.2, -0.15) is 0 Å². The van der Waals surface area contributed by atoms with E-state index in [2.05, 4.69) is 25.7 Å². The average Bonchev–Trinajstić information content (AvgIpc) is 3.13. The number of hydrogen-bond acceptors (Lipinski definition) is 5. The molecule has 2 heterocycles. The van der Waals surface area contributed by atoms with Gasteiger partial charge in [0.2, 0.25) is 10.3 Å². The van der Waals surface area contributed by atoms with E-state index in [0.717, 1.165) is 31.1 Å². The zero-order valence-corrected chi connectivity index (χ0v) is 13.8. The van der Waals surface area contributed by atoms with Crippen LogP contribution in [-0.4, -0.2) is 29.3 Å². The van der Waals surface area contributed by atoms with Crippen molar-refractivity contribution < 1.29 is 4.79 Å². The van der Waals surface area contributed by atoms with Gasteiger partial charge in [0.05, 0.1) is 10.7 Å². The van der Waals surface area contributed by atoms with E-state index in [9.17, 15) is 4.79 Å². The Hall–Kier alpha value is -1.57. The minimum Gasteiger partial charge on any atom is -0.347 e. The van der Waals surface area contributed by atoms with E-state index in [1.165, 1.54) is 11.3 Å². The van der Waals surface area contributed by atoms with Crippen LogP contribution < -0.4 is 15.5 Å². The van der Waals surface area contributed by atoms with Crippen LogP contribution in [-0.2, 0) is 0 Å². The van der Waals surface area contributed by atoms with Gasteiger partial charge in [0.1, 0.15) is 0 Å². The van der Waals surface area contributed by atoms with E-state index >= 15 is 0 Å². The maximum atomic E-state index is 12.0. The Morgan fingerprint density at radius 3 is 2.73 bits per heavy atom. The van der Waals surface area contributed by atoms with Gasteiger partial charge in [-0.15, -0.1) is 10.2 Å². The molecule has 0 bridgehead atoms. The summed E-state index contributed by atoms with van der Waals surface area (Å²) in [5.74, 6) is 0. The highest BCUT2D eigenvalue weighted by atomic mass is 35.5. The molecule has 2 N–H and O–H groups in total. The normalized spacial score (nSPS) is 14.2. The Morgan fingerprint density at radius 1 is 1.18 bits per heavy atom. The second kappa shape index (κ2) is 6.68. The van der Waals surface area contributed by atoms with Crippen LogP contribution in [0.25, 0.3) is 0 Å². The Kier molecular flexibility index (Phi) is 4.66. The van der Waals surface area contributed by atoms with Gasteiger partial charge in [0.25, 0.3) is 0 Å². The minimum absolute atomic E-state index is 0.412. The van der Waals surface area contributed by atoms with Crippen LogP contribution in [0.5, 0.6) is 0 Å². The van der Waals surface area contributed by atoms with Crippen LogP contribution in [0.1, 0.15) is 12.8 Å². The maximum Gasteiger partial charge on any atom is 0.325 e. The first-order chi connectivity index (χ1) is 10.6. The fourth-order valence-corrected chi connectivity index (χ4v) is 3.27. The second-order valence-electron chi connectivity index (χ2n) is 4.79. The number of nitrogens with zero attached hydrogens (tertiary/aromatic N) is 3. The predicted octanol–water partition coefficient (Wildman–Crippen LogP) is 4.09. The summed E-state index contributed by atoms with van der Waals surface area (Å²) < 4.78 is 0. The summed E-state index contributed by atoms with van der Waals surface area (Å²) in [6.45, 7) is 1.97. The lowest BCUT2D eigenvalue weighted by atomic mass is 10.3. The number of carbonyl (C=O) groups is 1. The van der Waals surface area contributed by atoms with Crippen molar-refractivity contribution in [1.82, 2.24) is 10.2 Å². The molecule has 116 valence electrons. The summed E-state index contributed by atoms with van der Waals surface area (Å²) in [5, 5.41) is 15.5. The van der Waals surface area contributed by atoms with Gasteiger partial charge in [-0.25, -0.2) is 4.79 Å². The highest BCUT2D eigenvalue weighted by Crippen LogP contribution is 2.28. The van der Waals surface area contributed by atoms with Gasteiger partial charge >= 0.3 is 6.03 Å². The number of amides is 2. The van der Waals surface area contributed by atoms with E-state index in [0.29, 0.717) is 20.9 Å². The molecule has 1 aliphatic rings. The molecule has 0 aliphatic carbocycles. The van der Waals surface area contributed by atoms with E-state index in [1.54, 1.807) is 18.2 Å². The van der Waals surface area contributed by atoms with Crippen molar-refractivity contribution in [2.24, 2.45) is 0 Å². The van der Waals surface area contributed by atoms with Gasteiger partial charge in [-0.05, 0) is 31.0 Å². The molecule has 1 fully saturated rings. The first-order valence-corrected chi connectivity index (χ1v) is 8.30. The lowest BCUT2D eigenvalue weighted by Gasteiger charge is -2.11. The second-order valence-corrected chi connectivity index (χ2v) is 6.59. The van der Waals surface area contributed by atoms with Crippen LogP contribution >= 0.6 is 34.5 Å². The molecule has 9 heteroatoms. The number of nitrogens with one attached hydrogen (secondary N) is 2. The van der Waals surface area contributed by atoms with Crippen LogP contribution in [0.4, 0.5) is 20.7 Å². The molecule has 1 saturated heterocycles. The molecule has 0 atom stereocenters. The van der Waals surface area contributed by atoms with E-state index in [1.807, 2.05) is 0 Å². The van der Waals surface area contributed by atoms with Crippen LogP contribution in [0.15, 0.2) is 18.2 Å². The predicted molar refractivity (Wildman–Crippen MR) is 90.5 cm³/mol. The standard InChI is InChI=1S/C13H13Cl2N5OS/c14-8-3-4-9(15)10(7-8)16-11(21)17-12-18-19-13(22-12)20-5-1-2-6-20/h3-4,7H,1-2,5-6H2,(H2,16,17,18,21). The molecule has 0 saturated carbocycles. The quantitative estimate of drug-likeness (QED) is 0.867. The molecule has 1 aromatic heterocycles. The summed E-state index contributed by atoms with van der Waals surface area (Å²) in [5.41, 5.74) is 0.441. The first kappa shape index (κ1) is 15.3. The number of anilines is 3. The summed E-state index contributed by atoms with van der Waals surface area (Å²) in [4.78, 5) is 14.1. The summed E-state index contributed by atoms with van der Waals surface area (Å²) >= 11 is 13.2. The third-order valence-corrected chi connectivity index (χ3v) is 4.65. The molecule has 0 spiro atoms. The van der Waals surface area contributed by atoms with Gasteiger partial charge in [0, 0.05) is 18.1 Å². The Bertz CT molecular complexity index is 687. The number of aromatic nitrogens is 2. The summed E-state index contributed by atoms with van der Waals surface area (Å²) in [7, 11) is 0. The Labute approximate surface area is 141 Å². The van der Waals surface area contributed by atoms with Crippen molar-refractivity contribution in [3.63, 3.8) is 0 Å². The van der Waals surface area contributed by atoms with Crippen LogP contribution in [0.3, 0.4) is 0 Å². The summed E-state index contributed by atoms with van der Waals surface area (Å²) in [6, 6.07) is 4.42. The van der Waals surface area contributed by atoms with Crippen molar-refractivity contribution in [3.8, 4) is 0 Å². The number of halogens is 2. The third kappa shape index (κ3) is 3.60. The van der Waals surface area contributed by atoms with Gasteiger partial charge in [-0.1, -0.05) is 34.5 Å². The molecule has 0 radical (unpaired) electrons. The largest absolute Gasteiger partial charge is 0.347 e. The molecule has 0 unspecified atom stereocenters. The maximum absolute atomic E-state index is 12.0. The Morgan fingerprint density at radius 2 is 1.95 bits per heavy atom. The van der Waals surface area contributed by atoms with Gasteiger partial charge in [-0.3, -0.25) is 5.32 Å². The van der Waals surface area contributed by atoms with Crippen molar-refractivity contribution in [1.29, 1.82) is 0 Å². The molecule has 1 aromatic carbocycles. The molecule has 1 aliphatic heterocycles. The van der Waals surface area contributed by atoms with E-state index in [-0.39, 0.29) is 0 Å². The van der Waals surface area contributed by atoms with Crippen molar-refractivity contribution in [2.75, 3.05) is 28.6 Å². The number of benzene rings is 1. The first-order valence-electron chi connectivity index (χ1n) is 6.73. The van der Waals surface area contributed by atoms with Crippen LogP contribution in [0.2, 0.25) is 10.0 Å². The zero-order valence-electron chi connectivity index (χ0n) is 11.5. The van der Waals surface area contributed by atoms with E-state index < -0.39 is 6.03 Å². The zero-order chi connectivity index (χ0) is 15.5. The number of urea groups is 1. The SMILES string of the molecule is O=C(Nc1nnc(N2CCCC2)s1)Nc1cc(Cl)ccc1Cl. The number of carbonyl (C=O) groups excluding carboxylic acids is 1. The van der Waals surface area contributed by atoms with Crippen LogP contribution in [0, 0.1) is 0 Å². The fraction of sp³-hybridized carbons (Fsp3) is 0.308. The fourth-order valence-electron chi connectivity index (χ4n) is 2.15. The minimum atomic E-state index is -0.437. The Balaban J connectivity index is 1.63. The molecular formula is C13H13Cl2N5OS. The van der Waals surface area contributed by atoms with Crippen molar-refractivity contribution in [3.05, 3.63) is 28.2 Å². The third-order valence-electron chi connectivity index (χ3n) is 3.19. The molecule has 2 aromatic rings. The topological polar surface area (TPSA) is 70.2 Å². The van der Waals surface area contributed by atoms with Gasteiger partial charge in [0.15, 0.2) is 0 Å². The smallest absolute Gasteiger partial charge is 0.325 e. The lowest BCUT2D eigenvalue weighted by molar-refractivity contribution is 0.262. The van der Waals surface area contributed by atoms with Crippen molar-refractivity contribution in [2.45, 2.75) is 12.8 Å². The van der Waals surface area contributed by atoms with Gasteiger partial charge < -0.3 is 10.2 Å².